The first kappa shape index (κ1) is 15.1. The van der Waals surface area contributed by atoms with E-state index in [1.807, 2.05) is 48.5 Å². The van der Waals surface area contributed by atoms with Crippen LogP contribution in [-0.4, -0.2) is 29.4 Å². The second-order valence-corrected chi connectivity index (χ2v) is 5.03. The van der Waals surface area contributed by atoms with Gasteiger partial charge in [-0.05, 0) is 29.8 Å². The fourth-order valence-electron chi connectivity index (χ4n) is 2.27. The summed E-state index contributed by atoms with van der Waals surface area (Å²) in [7, 11) is 3.26. The molecule has 6 nitrogen and oxygen atoms in total. The van der Waals surface area contributed by atoms with Crippen molar-refractivity contribution in [2.75, 3.05) is 14.2 Å². The highest BCUT2D eigenvalue weighted by Crippen LogP contribution is 2.24. The molecule has 0 amide bonds. The maximum atomic E-state index is 6.26. The SMILES string of the molecule is COc1ccc([C@@H](N)c2nc(-c3cccc(OC)c3)n[nH]2)cc1. The average Bonchev–Trinajstić information content (AvgIpc) is 3.11. The summed E-state index contributed by atoms with van der Waals surface area (Å²) in [5.41, 5.74) is 8.06. The molecule has 3 N–H and O–H groups in total. The van der Waals surface area contributed by atoms with Crippen LogP contribution in [-0.2, 0) is 0 Å². The number of hydrogen-bond acceptors (Lipinski definition) is 5. The Morgan fingerprint density at radius 2 is 1.74 bits per heavy atom. The Labute approximate surface area is 134 Å². The first-order valence-electron chi connectivity index (χ1n) is 7.17. The summed E-state index contributed by atoms with van der Waals surface area (Å²) in [5.74, 6) is 2.74. The summed E-state index contributed by atoms with van der Waals surface area (Å²) in [6.07, 6.45) is 0. The highest BCUT2D eigenvalue weighted by molar-refractivity contribution is 5.57. The molecule has 118 valence electrons. The molecule has 0 bridgehead atoms. The quantitative estimate of drug-likeness (QED) is 0.756. The van der Waals surface area contributed by atoms with Crippen molar-refractivity contribution in [2.24, 2.45) is 5.73 Å². The van der Waals surface area contributed by atoms with Gasteiger partial charge < -0.3 is 15.2 Å². The lowest BCUT2D eigenvalue weighted by Crippen LogP contribution is -2.13. The minimum Gasteiger partial charge on any atom is -0.497 e. The highest BCUT2D eigenvalue weighted by atomic mass is 16.5. The van der Waals surface area contributed by atoms with Gasteiger partial charge in [-0.3, -0.25) is 5.10 Å². The van der Waals surface area contributed by atoms with Gasteiger partial charge in [0.15, 0.2) is 5.82 Å². The molecule has 23 heavy (non-hydrogen) atoms. The second-order valence-electron chi connectivity index (χ2n) is 5.03. The van der Waals surface area contributed by atoms with Crippen molar-refractivity contribution in [1.29, 1.82) is 0 Å². The maximum absolute atomic E-state index is 6.26. The van der Waals surface area contributed by atoms with Crippen LogP contribution in [0.3, 0.4) is 0 Å². The van der Waals surface area contributed by atoms with E-state index < -0.39 is 0 Å². The molecule has 0 fully saturated rings. The van der Waals surface area contributed by atoms with Gasteiger partial charge in [-0.1, -0.05) is 24.3 Å². The monoisotopic (exact) mass is 310 g/mol. The van der Waals surface area contributed by atoms with Crippen LogP contribution in [0.1, 0.15) is 17.4 Å². The van der Waals surface area contributed by atoms with Gasteiger partial charge in [0, 0.05) is 5.56 Å². The van der Waals surface area contributed by atoms with Gasteiger partial charge in [0.25, 0.3) is 0 Å². The van der Waals surface area contributed by atoms with Crippen molar-refractivity contribution >= 4 is 0 Å². The van der Waals surface area contributed by atoms with Crippen LogP contribution in [0.5, 0.6) is 11.5 Å². The van der Waals surface area contributed by atoms with Crippen LogP contribution in [0.4, 0.5) is 0 Å². The third-order valence-corrected chi connectivity index (χ3v) is 3.60. The molecule has 1 atom stereocenters. The zero-order valence-electron chi connectivity index (χ0n) is 13.0. The number of nitrogens with two attached hydrogens (primary N) is 1. The van der Waals surface area contributed by atoms with Gasteiger partial charge in [-0.15, -0.1) is 0 Å². The van der Waals surface area contributed by atoms with E-state index >= 15 is 0 Å². The summed E-state index contributed by atoms with van der Waals surface area (Å²) < 4.78 is 10.4. The van der Waals surface area contributed by atoms with Crippen molar-refractivity contribution < 1.29 is 9.47 Å². The van der Waals surface area contributed by atoms with Crippen LogP contribution in [0.25, 0.3) is 11.4 Å². The van der Waals surface area contributed by atoms with E-state index in [0.717, 1.165) is 22.6 Å². The number of nitrogens with one attached hydrogen (secondary N) is 1. The number of aromatic nitrogens is 3. The van der Waals surface area contributed by atoms with E-state index in [2.05, 4.69) is 15.2 Å². The molecule has 0 aliphatic heterocycles. The van der Waals surface area contributed by atoms with E-state index in [1.165, 1.54) is 0 Å². The molecular formula is C17H18N4O2. The molecule has 0 unspecified atom stereocenters. The first-order chi connectivity index (χ1) is 11.2. The molecule has 0 saturated carbocycles. The lowest BCUT2D eigenvalue weighted by atomic mass is 10.1. The zero-order chi connectivity index (χ0) is 16.2. The van der Waals surface area contributed by atoms with Crippen LogP contribution < -0.4 is 15.2 Å². The summed E-state index contributed by atoms with van der Waals surface area (Å²) >= 11 is 0. The predicted octanol–water partition coefficient (Wildman–Crippen LogP) is 2.54. The van der Waals surface area contributed by atoms with E-state index in [0.29, 0.717) is 11.6 Å². The minimum absolute atomic E-state index is 0.382. The van der Waals surface area contributed by atoms with E-state index in [4.69, 9.17) is 15.2 Å². The minimum atomic E-state index is -0.382. The number of H-pyrrole nitrogens is 1. The molecule has 3 aromatic rings. The highest BCUT2D eigenvalue weighted by Gasteiger charge is 2.15. The van der Waals surface area contributed by atoms with Gasteiger partial charge in [-0.25, -0.2) is 4.98 Å². The Kier molecular flexibility index (Phi) is 4.25. The Hall–Kier alpha value is -2.86. The normalized spacial score (nSPS) is 12.0. The second kappa shape index (κ2) is 6.50. The maximum Gasteiger partial charge on any atom is 0.181 e. The zero-order valence-corrected chi connectivity index (χ0v) is 13.0. The third kappa shape index (κ3) is 3.17. The Morgan fingerprint density at radius 3 is 2.43 bits per heavy atom. The van der Waals surface area contributed by atoms with Crippen LogP contribution in [0.15, 0.2) is 48.5 Å². The van der Waals surface area contributed by atoms with Crippen molar-refractivity contribution in [2.45, 2.75) is 6.04 Å². The Morgan fingerprint density at radius 1 is 1.00 bits per heavy atom. The topological polar surface area (TPSA) is 86.1 Å². The molecule has 0 aliphatic carbocycles. The molecule has 0 aliphatic rings. The van der Waals surface area contributed by atoms with Crippen LogP contribution >= 0.6 is 0 Å². The van der Waals surface area contributed by atoms with E-state index in [9.17, 15) is 0 Å². The Bertz CT molecular complexity index is 783. The van der Waals surface area contributed by atoms with Crippen LogP contribution in [0.2, 0.25) is 0 Å². The number of aromatic amines is 1. The van der Waals surface area contributed by atoms with Gasteiger partial charge in [0.1, 0.15) is 17.3 Å². The van der Waals surface area contributed by atoms with Gasteiger partial charge in [-0.2, -0.15) is 5.10 Å². The molecule has 0 saturated heterocycles. The molecule has 1 heterocycles. The number of benzene rings is 2. The van der Waals surface area contributed by atoms with Crippen LogP contribution in [0, 0.1) is 0 Å². The molecule has 1 aromatic heterocycles. The molecule has 0 radical (unpaired) electrons. The van der Waals surface area contributed by atoms with Crippen molar-refractivity contribution in [1.82, 2.24) is 15.2 Å². The molecular weight excluding hydrogens is 292 g/mol. The number of ether oxygens (including phenoxy) is 2. The lowest BCUT2D eigenvalue weighted by molar-refractivity contribution is 0.414. The fraction of sp³-hybridized carbons (Fsp3) is 0.176. The van der Waals surface area contributed by atoms with Gasteiger partial charge >= 0.3 is 0 Å². The molecule has 6 heteroatoms. The van der Waals surface area contributed by atoms with Crippen molar-refractivity contribution in [3.8, 4) is 22.9 Å². The average molecular weight is 310 g/mol. The van der Waals surface area contributed by atoms with Gasteiger partial charge in [0.2, 0.25) is 0 Å². The third-order valence-electron chi connectivity index (χ3n) is 3.60. The summed E-state index contributed by atoms with van der Waals surface area (Å²) in [6.45, 7) is 0. The van der Waals surface area contributed by atoms with E-state index in [-0.39, 0.29) is 6.04 Å². The largest absolute Gasteiger partial charge is 0.497 e. The lowest BCUT2D eigenvalue weighted by Gasteiger charge is -2.09. The van der Waals surface area contributed by atoms with Crippen molar-refractivity contribution in [3.05, 3.63) is 59.9 Å². The predicted molar refractivity (Wildman–Crippen MR) is 87.4 cm³/mol. The number of methoxy groups -OCH3 is 2. The number of rotatable bonds is 5. The molecule has 2 aromatic carbocycles. The molecule has 0 spiro atoms. The molecule has 3 rings (SSSR count). The number of nitrogens with zero attached hydrogens (tertiary/aromatic N) is 2. The smallest absolute Gasteiger partial charge is 0.181 e. The van der Waals surface area contributed by atoms with Crippen molar-refractivity contribution in [3.63, 3.8) is 0 Å². The van der Waals surface area contributed by atoms with E-state index in [1.54, 1.807) is 14.2 Å². The van der Waals surface area contributed by atoms with Gasteiger partial charge in [0.05, 0.1) is 20.3 Å². The fourth-order valence-corrected chi connectivity index (χ4v) is 2.27. The summed E-state index contributed by atoms with van der Waals surface area (Å²) in [4.78, 5) is 4.50. The first-order valence-corrected chi connectivity index (χ1v) is 7.17. The standard InChI is InChI=1S/C17H18N4O2/c1-22-13-8-6-11(7-9-13)15(18)17-19-16(20-21-17)12-4-3-5-14(10-12)23-2/h3-10,15H,18H2,1-2H3,(H,19,20,21)/t15-/m1/s1. The summed E-state index contributed by atoms with van der Waals surface area (Å²) in [5, 5.41) is 7.16. The Balaban J connectivity index is 1.85. The number of hydrogen-bond donors (Lipinski definition) is 2. The summed E-state index contributed by atoms with van der Waals surface area (Å²) in [6, 6.07) is 14.8.